The smallest absolute Gasteiger partial charge is 0.407 e. The Hall–Kier alpha value is -1.56. The van der Waals surface area contributed by atoms with Gasteiger partial charge >= 0.3 is 12.1 Å². The number of ether oxygens (including phenoxy) is 2. The summed E-state index contributed by atoms with van der Waals surface area (Å²) >= 11 is 0. The standard InChI is InChI=1S/C10H15NO5/c1-2-3-16-10(14)11-8-4-7(9(12)13)5-15-6-8/h2,7-8H,1,3-6H2,(H,11,14)(H,12,13)/t7-,8+/m0/s1. The van der Waals surface area contributed by atoms with Crippen LogP contribution in [0.1, 0.15) is 6.42 Å². The molecule has 2 atom stereocenters. The van der Waals surface area contributed by atoms with Gasteiger partial charge in [-0.2, -0.15) is 0 Å². The van der Waals surface area contributed by atoms with E-state index in [4.69, 9.17) is 14.6 Å². The van der Waals surface area contributed by atoms with Crippen LogP contribution in [0.2, 0.25) is 0 Å². The fourth-order valence-corrected chi connectivity index (χ4v) is 1.45. The van der Waals surface area contributed by atoms with Crippen molar-refractivity contribution in [2.45, 2.75) is 12.5 Å². The maximum absolute atomic E-state index is 11.2. The number of carboxylic acids is 1. The third-order valence-electron chi connectivity index (χ3n) is 2.21. The van der Waals surface area contributed by atoms with Crippen molar-refractivity contribution >= 4 is 12.1 Å². The Morgan fingerprint density at radius 3 is 2.94 bits per heavy atom. The van der Waals surface area contributed by atoms with E-state index in [2.05, 4.69) is 11.9 Å². The second-order valence-electron chi connectivity index (χ2n) is 3.54. The quantitative estimate of drug-likeness (QED) is 0.681. The van der Waals surface area contributed by atoms with Crippen LogP contribution in [0, 0.1) is 5.92 Å². The van der Waals surface area contributed by atoms with Gasteiger partial charge < -0.3 is 19.9 Å². The van der Waals surface area contributed by atoms with Gasteiger partial charge in [-0.25, -0.2) is 4.79 Å². The molecule has 0 aromatic carbocycles. The van der Waals surface area contributed by atoms with Crippen molar-refractivity contribution in [2.24, 2.45) is 5.92 Å². The SMILES string of the molecule is C=CCOC(=O)N[C@H]1COC[C@@H](C(=O)O)C1. The number of nitrogens with one attached hydrogen (secondary N) is 1. The molecular weight excluding hydrogens is 214 g/mol. The lowest BCUT2D eigenvalue weighted by Crippen LogP contribution is -2.45. The highest BCUT2D eigenvalue weighted by Gasteiger charge is 2.28. The van der Waals surface area contributed by atoms with E-state index in [-0.39, 0.29) is 19.3 Å². The Kier molecular flexibility index (Phi) is 4.78. The minimum atomic E-state index is -0.911. The number of aliphatic carboxylic acids is 1. The topological polar surface area (TPSA) is 84.9 Å². The van der Waals surface area contributed by atoms with Crippen LogP contribution in [0.25, 0.3) is 0 Å². The third-order valence-corrected chi connectivity index (χ3v) is 2.21. The van der Waals surface area contributed by atoms with Gasteiger partial charge in [-0.05, 0) is 6.42 Å². The van der Waals surface area contributed by atoms with Gasteiger partial charge in [-0.3, -0.25) is 4.79 Å². The van der Waals surface area contributed by atoms with Crippen molar-refractivity contribution in [3.63, 3.8) is 0 Å². The monoisotopic (exact) mass is 229 g/mol. The fourth-order valence-electron chi connectivity index (χ4n) is 1.45. The van der Waals surface area contributed by atoms with E-state index < -0.39 is 18.0 Å². The molecule has 1 amide bonds. The molecule has 0 saturated carbocycles. The number of alkyl carbamates (subject to hydrolysis) is 1. The predicted octanol–water partition coefficient (Wildman–Crippen LogP) is 0.388. The first-order valence-electron chi connectivity index (χ1n) is 4.98. The van der Waals surface area contributed by atoms with Crippen molar-refractivity contribution in [2.75, 3.05) is 19.8 Å². The molecule has 0 aromatic rings. The minimum absolute atomic E-state index is 0.127. The number of hydrogen-bond acceptors (Lipinski definition) is 4. The predicted molar refractivity (Wildman–Crippen MR) is 55.0 cm³/mol. The van der Waals surface area contributed by atoms with Gasteiger partial charge in [0.25, 0.3) is 0 Å². The molecule has 0 bridgehead atoms. The van der Waals surface area contributed by atoms with E-state index in [9.17, 15) is 9.59 Å². The fraction of sp³-hybridized carbons (Fsp3) is 0.600. The van der Waals surface area contributed by atoms with E-state index in [1.54, 1.807) is 0 Å². The lowest BCUT2D eigenvalue weighted by molar-refractivity contribution is -0.146. The number of carboxylic acid groups (broad SMARTS) is 1. The maximum atomic E-state index is 11.2. The first-order valence-corrected chi connectivity index (χ1v) is 4.98. The Bertz CT molecular complexity index is 278. The summed E-state index contributed by atoms with van der Waals surface area (Å²) in [4.78, 5) is 21.9. The van der Waals surface area contributed by atoms with Gasteiger partial charge in [0.2, 0.25) is 0 Å². The molecule has 1 saturated heterocycles. The molecule has 0 aromatic heterocycles. The third kappa shape index (κ3) is 3.90. The lowest BCUT2D eigenvalue weighted by Gasteiger charge is -2.27. The van der Waals surface area contributed by atoms with Crippen LogP contribution in [0.15, 0.2) is 12.7 Å². The van der Waals surface area contributed by atoms with E-state index in [1.807, 2.05) is 0 Å². The van der Waals surface area contributed by atoms with Crippen LogP contribution >= 0.6 is 0 Å². The molecule has 0 spiro atoms. The number of hydrogen-bond donors (Lipinski definition) is 2. The van der Waals surface area contributed by atoms with Crippen molar-refractivity contribution in [3.05, 3.63) is 12.7 Å². The molecule has 0 aliphatic carbocycles. The van der Waals surface area contributed by atoms with Crippen LogP contribution in [0.4, 0.5) is 4.79 Å². The summed E-state index contributed by atoms with van der Waals surface area (Å²) in [5, 5.41) is 11.3. The van der Waals surface area contributed by atoms with E-state index >= 15 is 0 Å². The Balaban J connectivity index is 2.33. The zero-order valence-electron chi connectivity index (χ0n) is 8.85. The van der Waals surface area contributed by atoms with Crippen LogP contribution in [0.5, 0.6) is 0 Å². The van der Waals surface area contributed by atoms with Crippen LogP contribution in [-0.4, -0.2) is 43.0 Å². The summed E-state index contributed by atoms with van der Waals surface area (Å²) in [5.74, 6) is -1.48. The van der Waals surface area contributed by atoms with E-state index in [1.165, 1.54) is 6.08 Å². The van der Waals surface area contributed by atoms with Gasteiger partial charge in [-0.1, -0.05) is 12.7 Å². The first kappa shape index (κ1) is 12.5. The number of amides is 1. The molecule has 0 radical (unpaired) electrons. The second kappa shape index (κ2) is 6.12. The largest absolute Gasteiger partial charge is 0.481 e. The van der Waals surface area contributed by atoms with E-state index in [0.29, 0.717) is 13.0 Å². The average Bonchev–Trinajstić information content (AvgIpc) is 2.26. The summed E-state index contributed by atoms with van der Waals surface area (Å²) in [5.41, 5.74) is 0. The molecule has 1 fully saturated rings. The van der Waals surface area contributed by atoms with Crippen molar-refractivity contribution in [3.8, 4) is 0 Å². The summed E-state index contributed by atoms with van der Waals surface area (Å²) in [7, 11) is 0. The zero-order chi connectivity index (χ0) is 12.0. The Morgan fingerprint density at radius 1 is 1.56 bits per heavy atom. The lowest BCUT2D eigenvalue weighted by atomic mass is 9.99. The molecule has 1 aliphatic rings. The van der Waals surface area contributed by atoms with Gasteiger partial charge in [0.15, 0.2) is 0 Å². The molecular formula is C10H15NO5. The Labute approximate surface area is 93.2 Å². The maximum Gasteiger partial charge on any atom is 0.407 e. The van der Waals surface area contributed by atoms with Crippen molar-refractivity contribution < 1.29 is 24.2 Å². The van der Waals surface area contributed by atoms with Crippen LogP contribution < -0.4 is 5.32 Å². The first-order chi connectivity index (χ1) is 7.63. The average molecular weight is 229 g/mol. The van der Waals surface area contributed by atoms with Crippen LogP contribution in [0.3, 0.4) is 0 Å². The zero-order valence-corrected chi connectivity index (χ0v) is 8.85. The van der Waals surface area contributed by atoms with Crippen LogP contribution in [-0.2, 0) is 14.3 Å². The van der Waals surface area contributed by atoms with E-state index in [0.717, 1.165) is 0 Å². The number of carbonyl (C=O) groups excluding carboxylic acids is 1. The molecule has 6 nitrogen and oxygen atoms in total. The summed E-state index contributed by atoms with van der Waals surface area (Å²) < 4.78 is 9.81. The molecule has 2 N–H and O–H groups in total. The second-order valence-corrected chi connectivity index (χ2v) is 3.54. The van der Waals surface area contributed by atoms with Crippen molar-refractivity contribution in [1.82, 2.24) is 5.32 Å². The van der Waals surface area contributed by atoms with Gasteiger partial charge in [0.1, 0.15) is 6.61 Å². The Morgan fingerprint density at radius 2 is 2.31 bits per heavy atom. The van der Waals surface area contributed by atoms with Gasteiger partial charge in [-0.15, -0.1) is 0 Å². The number of carbonyl (C=O) groups is 2. The summed E-state index contributed by atoms with van der Waals surface area (Å²) in [6, 6.07) is -0.313. The highest BCUT2D eigenvalue weighted by molar-refractivity contribution is 5.71. The number of rotatable bonds is 4. The molecule has 0 unspecified atom stereocenters. The molecule has 16 heavy (non-hydrogen) atoms. The summed E-state index contributed by atoms with van der Waals surface area (Å²) in [6.45, 7) is 4.04. The molecule has 90 valence electrons. The van der Waals surface area contributed by atoms with Crippen molar-refractivity contribution in [1.29, 1.82) is 0 Å². The normalized spacial score (nSPS) is 24.5. The highest BCUT2D eigenvalue weighted by Crippen LogP contribution is 2.14. The van der Waals surface area contributed by atoms with Gasteiger partial charge in [0, 0.05) is 0 Å². The molecule has 6 heteroatoms. The molecule has 1 heterocycles. The van der Waals surface area contributed by atoms with Gasteiger partial charge in [0.05, 0.1) is 25.2 Å². The summed E-state index contributed by atoms with van der Waals surface area (Å²) in [6.07, 6.45) is 1.23. The minimum Gasteiger partial charge on any atom is -0.481 e. The highest BCUT2D eigenvalue weighted by atomic mass is 16.5. The molecule has 1 aliphatic heterocycles. The molecule has 1 rings (SSSR count).